The Morgan fingerprint density at radius 1 is 1.35 bits per heavy atom. The van der Waals surface area contributed by atoms with Crippen molar-refractivity contribution in [3.05, 3.63) is 44.4 Å². The monoisotopic (exact) mass is 288 g/mol. The molecule has 0 fully saturated rings. The van der Waals surface area contributed by atoms with Crippen LogP contribution >= 0.6 is 34.7 Å². The van der Waals surface area contributed by atoms with Gasteiger partial charge in [-0.3, -0.25) is 0 Å². The van der Waals surface area contributed by atoms with E-state index in [1.807, 2.05) is 6.92 Å². The van der Waals surface area contributed by atoms with Gasteiger partial charge >= 0.3 is 0 Å². The summed E-state index contributed by atoms with van der Waals surface area (Å²) >= 11 is 13.0. The van der Waals surface area contributed by atoms with Gasteiger partial charge in [0.05, 0.1) is 20.6 Å². The van der Waals surface area contributed by atoms with Crippen molar-refractivity contribution in [3.63, 3.8) is 0 Å². The van der Waals surface area contributed by atoms with Crippen LogP contribution in [0.1, 0.15) is 29.2 Å². The number of aliphatic hydroxyl groups is 1. The van der Waals surface area contributed by atoms with Crippen LogP contribution in [0.3, 0.4) is 0 Å². The van der Waals surface area contributed by atoms with Crippen molar-refractivity contribution in [2.45, 2.75) is 19.4 Å². The van der Waals surface area contributed by atoms with Crippen LogP contribution in [0.15, 0.2) is 18.2 Å². The summed E-state index contributed by atoms with van der Waals surface area (Å²) < 4.78 is 3.85. The summed E-state index contributed by atoms with van der Waals surface area (Å²) in [7, 11) is 0. The van der Waals surface area contributed by atoms with Gasteiger partial charge in [-0.05, 0) is 35.6 Å². The van der Waals surface area contributed by atoms with Crippen LogP contribution in [0.2, 0.25) is 10.0 Å². The minimum atomic E-state index is -0.750. The van der Waals surface area contributed by atoms with Gasteiger partial charge < -0.3 is 5.11 Å². The molecule has 1 aromatic heterocycles. The molecule has 0 spiro atoms. The Hall–Kier alpha value is -0.680. The molecule has 1 N–H and O–H groups in total. The van der Waals surface area contributed by atoms with E-state index in [2.05, 4.69) is 9.59 Å². The molecule has 0 aliphatic heterocycles. The maximum Gasteiger partial charge on any atom is 0.117 e. The number of hydrogen-bond donors (Lipinski definition) is 1. The SMILES string of the molecule is CCc1nnsc1C(O)c1ccc(Cl)c(Cl)c1. The van der Waals surface area contributed by atoms with Gasteiger partial charge in [-0.2, -0.15) is 0 Å². The number of nitrogens with zero attached hydrogens (tertiary/aromatic N) is 2. The third-order valence-corrected chi connectivity index (χ3v) is 3.99. The molecule has 0 aliphatic carbocycles. The van der Waals surface area contributed by atoms with Gasteiger partial charge in [-0.25, -0.2) is 0 Å². The number of aryl methyl sites for hydroxylation is 1. The highest BCUT2D eigenvalue weighted by Gasteiger charge is 2.18. The van der Waals surface area contributed by atoms with E-state index in [-0.39, 0.29) is 0 Å². The molecule has 0 bridgehead atoms. The molecule has 0 saturated heterocycles. The third-order valence-electron chi connectivity index (χ3n) is 2.43. The van der Waals surface area contributed by atoms with E-state index in [0.29, 0.717) is 15.6 Å². The van der Waals surface area contributed by atoms with E-state index in [1.165, 1.54) is 11.5 Å². The van der Waals surface area contributed by atoms with E-state index in [0.717, 1.165) is 17.0 Å². The van der Waals surface area contributed by atoms with Gasteiger partial charge in [0, 0.05) is 0 Å². The molecule has 17 heavy (non-hydrogen) atoms. The van der Waals surface area contributed by atoms with Gasteiger partial charge in [-0.15, -0.1) is 5.10 Å². The predicted octanol–water partition coefficient (Wildman–Crippen LogP) is 3.49. The third kappa shape index (κ3) is 2.60. The maximum atomic E-state index is 10.2. The van der Waals surface area contributed by atoms with Crippen molar-refractivity contribution in [2.75, 3.05) is 0 Å². The number of halogens is 2. The molecule has 2 rings (SSSR count). The highest BCUT2D eigenvalue weighted by molar-refractivity contribution is 7.05. The lowest BCUT2D eigenvalue weighted by molar-refractivity contribution is 0.223. The maximum absolute atomic E-state index is 10.2. The highest BCUT2D eigenvalue weighted by atomic mass is 35.5. The van der Waals surface area contributed by atoms with Crippen molar-refractivity contribution < 1.29 is 5.11 Å². The first kappa shape index (κ1) is 12.8. The van der Waals surface area contributed by atoms with Crippen molar-refractivity contribution in [1.82, 2.24) is 9.59 Å². The van der Waals surface area contributed by atoms with Crippen molar-refractivity contribution in [1.29, 1.82) is 0 Å². The predicted molar refractivity (Wildman–Crippen MR) is 69.8 cm³/mol. The Balaban J connectivity index is 2.36. The number of benzene rings is 1. The number of aromatic nitrogens is 2. The fraction of sp³-hybridized carbons (Fsp3) is 0.273. The molecule has 1 unspecified atom stereocenters. The molecular formula is C11H10Cl2N2OS. The first-order valence-electron chi connectivity index (χ1n) is 5.07. The smallest absolute Gasteiger partial charge is 0.117 e. The fourth-order valence-electron chi connectivity index (χ4n) is 1.50. The summed E-state index contributed by atoms with van der Waals surface area (Å²) in [5, 5.41) is 15.1. The van der Waals surface area contributed by atoms with Crippen LogP contribution in [-0.4, -0.2) is 14.7 Å². The molecule has 90 valence electrons. The van der Waals surface area contributed by atoms with Crippen LogP contribution in [-0.2, 0) is 6.42 Å². The van der Waals surface area contributed by atoms with Crippen LogP contribution < -0.4 is 0 Å². The standard InChI is InChI=1S/C11H10Cl2N2OS/c1-2-9-11(17-15-14-9)10(16)6-3-4-7(12)8(13)5-6/h3-5,10,16H,2H2,1H3. The first-order valence-corrected chi connectivity index (χ1v) is 6.60. The molecule has 1 aromatic carbocycles. The fourth-order valence-corrected chi connectivity index (χ4v) is 2.56. The van der Waals surface area contributed by atoms with Crippen molar-refractivity contribution >= 4 is 34.7 Å². The number of hydrogen-bond acceptors (Lipinski definition) is 4. The average Bonchev–Trinajstić information content (AvgIpc) is 2.80. The molecule has 0 saturated carbocycles. The van der Waals surface area contributed by atoms with Gasteiger partial charge in [0.1, 0.15) is 6.10 Å². The topological polar surface area (TPSA) is 46.0 Å². The zero-order valence-corrected chi connectivity index (χ0v) is 11.4. The van der Waals surface area contributed by atoms with E-state index in [9.17, 15) is 5.11 Å². The van der Waals surface area contributed by atoms with Crippen LogP contribution in [0.4, 0.5) is 0 Å². The van der Waals surface area contributed by atoms with E-state index >= 15 is 0 Å². The molecule has 6 heteroatoms. The Morgan fingerprint density at radius 3 is 2.76 bits per heavy atom. The minimum absolute atomic E-state index is 0.429. The second kappa shape index (κ2) is 5.31. The molecular weight excluding hydrogens is 279 g/mol. The summed E-state index contributed by atoms with van der Waals surface area (Å²) in [6.45, 7) is 1.97. The number of aliphatic hydroxyl groups excluding tert-OH is 1. The highest BCUT2D eigenvalue weighted by Crippen LogP contribution is 2.31. The summed E-state index contributed by atoms with van der Waals surface area (Å²) in [6, 6.07) is 5.08. The zero-order chi connectivity index (χ0) is 12.4. The summed E-state index contributed by atoms with van der Waals surface area (Å²) in [4.78, 5) is 0.755. The molecule has 0 amide bonds. The van der Waals surface area contributed by atoms with Gasteiger partial charge in [0.2, 0.25) is 0 Å². The van der Waals surface area contributed by atoms with Crippen molar-refractivity contribution in [2.24, 2.45) is 0 Å². The second-order valence-corrected chi connectivity index (χ2v) is 5.11. The van der Waals surface area contributed by atoms with E-state index in [4.69, 9.17) is 23.2 Å². The number of rotatable bonds is 3. The second-order valence-electron chi connectivity index (χ2n) is 3.51. The average molecular weight is 289 g/mol. The lowest BCUT2D eigenvalue weighted by atomic mass is 10.1. The summed E-state index contributed by atoms with van der Waals surface area (Å²) in [5.74, 6) is 0. The van der Waals surface area contributed by atoms with Crippen molar-refractivity contribution in [3.8, 4) is 0 Å². The van der Waals surface area contributed by atoms with Crippen LogP contribution in [0.25, 0.3) is 0 Å². The van der Waals surface area contributed by atoms with Gasteiger partial charge in [0.25, 0.3) is 0 Å². The lowest BCUT2D eigenvalue weighted by Crippen LogP contribution is -2.00. The van der Waals surface area contributed by atoms with Gasteiger partial charge in [-0.1, -0.05) is 40.7 Å². The molecule has 1 heterocycles. The first-order chi connectivity index (χ1) is 8.13. The quantitative estimate of drug-likeness (QED) is 0.940. The summed E-state index contributed by atoms with van der Waals surface area (Å²) in [5.41, 5.74) is 1.51. The zero-order valence-electron chi connectivity index (χ0n) is 9.02. The largest absolute Gasteiger partial charge is 0.383 e. The Kier molecular flexibility index (Phi) is 3.99. The molecule has 0 radical (unpaired) electrons. The lowest BCUT2D eigenvalue weighted by Gasteiger charge is -2.10. The molecule has 3 nitrogen and oxygen atoms in total. The minimum Gasteiger partial charge on any atom is -0.383 e. The Bertz CT molecular complexity index is 530. The Labute approximate surface area is 113 Å². The van der Waals surface area contributed by atoms with E-state index < -0.39 is 6.10 Å². The van der Waals surface area contributed by atoms with Gasteiger partial charge in [0.15, 0.2) is 0 Å². The Morgan fingerprint density at radius 2 is 2.12 bits per heavy atom. The molecule has 0 aliphatic rings. The molecule has 2 aromatic rings. The normalized spacial score (nSPS) is 12.7. The van der Waals surface area contributed by atoms with Crippen LogP contribution in [0.5, 0.6) is 0 Å². The van der Waals surface area contributed by atoms with Crippen LogP contribution in [0, 0.1) is 0 Å². The molecule has 1 atom stereocenters. The summed E-state index contributed by atoms with van der Waals surface area (Å²) in [6.07, 6.45) is -0.00997. The van der Waals surface area contributed by atoms with E-state index in [1.54, 1.807) is 18.2 Å².